The van der Waals surface area contributed by atoms with Crippen molar-refractivity contribution in [1.82, 2.24) is 24.6 Å². The number of ether oxygens (including phenoxy) is 1. The van der Waals surface area contributed by atoms with Crippen molar-refractivity contribution in [3.63, 3.8) is 0 Å². The number of hydrogen-bond donors (Lipinski definition) is 0. The number of fused-ring (bicyclic) bond motifs is 3. The van der Waals surface area contributed by atoms with Gasteiger partial charge in [-0.15, -0.1) is 10.2 Å². The van der Waals surface area contributed by atoms with Crippen molar-refractivity contribution >= 4 is 17.4 Å². The van der Waals surface area contributed by atoms with E-state index in [2.05, 4.69) is 26.2 Å². The Kier molecular flexibility index (Phi) is 6.09. The topological polar surface area (TPSA) is 83.1 Å². The zero-order chi connectivity index (χ0) is 26.7. The van der Waals surface area contributed by atoms with Gasteiger partial charge in [0.25, 0.3) is 0 Å². The molecular weight excluding hydrogens is 519 g/mol. The maximum Gasteiger partial charge on any atom is 0.411 e. The number of alkyl halides is 3. The second-order valence-corrected chi connectivity index (χ2v) is 10.6. The summed E-state index contributed by atoms with van der Waals surface area (Å²) in [6, 6.07) is 11.1. The number of rotatable bonds is 3. The lowest BCUT2D eigenvalue weighted by atomic mass is 9.93. The smallest absolute Gasteiger partial charge is 0.377 e. The van der Waals surface area contributed by atoms with E-state index in [9.17, 15) is 18.4 Å². The average molecular weight is 544 g/mol. The van der Waals surface area contributed by atoms with E-state index in [0.29, 0.717) is 27.7 Å². The highest BCUT2D eigenvalue weighted by Crippen LogP contribution is 2.44. The summed E-state index contributed by atoms with van der Waals surface area (Å²) in [4.78, 5) is 8.18. The molecule has 6 rings (SSSR count). The van der Waals surface area contributed by atoms with Crippen LogP contribution in [0.4, 0.5) is 19.0 Å². The molecule has 2 saturated heterocycles. The van der Waals surface area contributed by atoms with Crippen LogP contribution in [-0.4, -0.2) is 62.7 Å². The number of nitriles is 1. The molecule has 0 aliphatic carbocycles. The van der Waals surface area contributed by atoms with Crippen LogP contribution in [0.3, 0.4) is 0 Å². The van der Waals surface area contributed by atoms with Gasteiger partial charge in [-0.25, -0.2) is 4.98 Å². The number of hydrogen-bond acceptors (Lipinski definition) is 7. The number of piperidine rings is 1. The van der Waals surface area contributed by atoms with E-state index >= 15 is 0 Å². The predicted molar refractivity (Wildman–Crippen MR) is 133 cm³/mol. The van der Waals surface area contributed by atoms with Crippen LogP contribution in [0, 0.1) is 18.3 Å². The van der Waals surface area contributed by atoms with Crippen molar-refractivity contribution in [3.8, 4) is 11.8 Å². The Labute approximate surface area is 222 Å². The van der Waals surface area contributed by atoms with E-state index in [-0.39, 0.29) is 19.0 Å². The monoisotopic (exact) mass is 543 g/mol. The highest BCUT2D eigenvalue weighted by molar-refractivity contribution is 6.30. The van der Waals surface area contributed by atoms with Gasteiger partial charge in [-0.1, -0.05) is 11.6 Å². The minimum absolute atomic E-state index is 0.00451. The van der Waals surface area contributed by atoms with Crippen LogP contribution in [0.1, 0.15) is 47.2 Å². The maximum atomic E-state index is 14.2. The van der Waals surface area contributed by atoms with Gasteiger partial charge in [-0.05, 0) is 55.7 Å². The van der Waals surface area contributed by atoms with E-state index in [1.54, 1.807) is 18.2 Å². The maximum absolute atomic E-state index is 14.2. The van der Waals surface area contributed by atoms with Crippen molar-refractivity contribution in [1.29, 1.82) is 5.26 Å². The highest BCUT2D eigenvalue weighted by atomic mass is 35.5. The number of halogens is 4. The third kappa shape index (κ3) is 4.02. The van der Waals surface area contributed by atoms with Crippen LogP contribution in [-0.2, 0) is 17.8 Å². The van der Waals surface area contributed by atoms with Crippen LogP contribution < -0.4 is 4.90 Å². The highest BCUT2D eigenvalue weighted by Gasteiger charge is 2.63. The fourth-order valence-corrected chi connectivity index (χ4v) is 5.82. The molecule has 0 bridgehead atoms. The fraction of sp³-hybridized carbons (Fsp3) is 0.462. The van der Waals surface area contributed by atoms with E-state index in [4.69, 9.17) is 16.3 Å². The van der Waals surface area contributed by atoms with Gasteiger partial charge >= 0.3 is 6.18 Å². The summed E-state index contributed by atoms with van der Waals surface area (Å²) in [5.41, 5.74) is 0.649. The molecule has 2 aromatic heterocycles. The zero-order valence-electron chi connectivity index (χ0n) is 20.7. The van der Waals surface area contributed by atoms with Crippen molar-refractivity contribution in [2.24, 2.45) is 0 Å². The van der Waals surface area contributed by atoms with Gasteiger partial charge in [0.1, 0.15) is 17.7 Å². The fourth-order valence-electron chi connectivity index (χ4n) is 5.62. The summed E-state index contributed by atoms with van der Waals surface area (Å²) in [5.74, 6) is 2.13. The quantitative estimate of drug-likeness (QED) is 0.480. The molecule has 0 atom stereocenters. The van der Waals surface area contributed by atoms with Gasteiger partial charge in [-0.2, -0.15) is 18.4 Å². The van der Waals surface area contributed by atoms with E-state index in [0.717, 1.165) is 43.3 Å². The number of aryl methyl sites for hydroxylation is 1. The summed E-state index contributed by atoms with van der Waals surface area (Å²) >= 11 is 6.29. The van der Waals surface area contributed by atoms with E-state index in [1.807, 2.05) is 23.6 Å². The Hall–Kier alpha value is -3.20. The largest absolute Gasteiger partial charge is 0.411 e. The molecule has 0 N–H and O–H groups in total. The average Bonchev–Trinajstić information content (AvgIpc) is 3.19. The number of benzene rings is 1. The second-order valence-electron chi connectivity index (χ2n) is 10.1. The Balaban J connectivity index is 1.31. The third-order valence-electron chi connectivity index (χ3n) is 7.92. The first kappa shape index (κ1) is 25.1. The number of anilines is 1. The number of nitrogens with zero attached hydrogens (tertiary/aromatic N) is 7. The summed E-state index contributed by atoms with van der Waals surface area (Å²) < 4.78 is 49.7. The Morgan fingerprint density at radius 1 is 1.11 bits per heavy atom. The molecule has 3 aliphatic heterocycles. The van der Waals surface area contributed by atoms with Gasteiger partial charge in [-0.3, -0.25) is 9.47 Å². The van der Waals surface area contributed by atoms with Crippen LogP contribution >= 0.6 is 11.6 Å². The normalized spacial score (nSPS) is 19.7. The van der Waals surface area contributed by atoms with Crippen LogP contribution in [0.15, 0.2) is 30.3 Å². The lowest BCUT2D eigenvalue weighted by molar-refractivity contribution is -0.310. The van der Waals surface area contributed by atoms with Crippen LogP contribution in [0.25, 0.3) is 5.69 Å². The van der Waals surface area contributed by atoms with E-state index in [1.165, 1.54) is 4.90 Å². The minimum atomic E-state index is -4.45. The first-order chi connectivity index (χ1) is 18.2. The Bertz CT molecular complexity index is 1420. The molecule has 2 fully saturated rings. The van der Waals surface area contributed by atoms with Crippen molar-refractivity contribution in [3.05, 3.63) is 63.8 Å². The summed E-state index contributed by atoms with van der Waals surface area (Å²) in [5, 5.41) is 18.6. The molecule has 0 unspecified atom stereocenters. The standard InChI is InChI=1S/C26H25ClF3N7O/c1-16-18(11-31)2-5-22(32-16)35-8-6-17(7-9-35)24-34-33-23-13-36(25(14-38-15-25)26(28,29)30)12-19-10-20(27)3-4-21(19)37(23)24/h2-5,10,17H,6-9,12-15H2,1H3. The van der Waals surface area contributed by atoms with Gasteiger partial charge in [0, 0.05) is 30.6 Å². The van der Waals surface area contributed by atoms with Crippen LogP contribution in [0.5, 0.6) is 0 Å². The molecular formula is C26H25ClF3N7O. The molecule has 5 heterocycles. The SMILES string of the molecule is Cc1nc(N2CCC(c3nnc4n3-c3ccc(Cl)cc3CN(C3(C(F)(F)F)COC3)C4)CC2)ccc1C#N. The van der Waals surface area contributed by atoms with Crippen molar-refractivity contribution in [2.45, 2.75) is 50.5 Å². The lowest BCUT2D eigenvalue weighted by Gasteiger charge is -2.49. The van der Waals surface area contributed by atoms with Gasteiger partial charge in [0.2, 0.25) is 0 Å². The van der Waals surface area contributed by atoms with Gasteiger partial charge in [0.15, 0.2) is 11.4 Å². The molecule has 0 radical (unpaired) electrons. The molecule has 1 aromatic carbocycles. The van der Waals surface area contributed by atoms with E-state index < -0.39 is 24.9 Å². The molecule has 0 amide bonds. The molecule has 38 heavy (non-hydrogen) atoms. The molecule has 0 spiro atoms. The van der Waals surface area contributed by atoms with Gasteiger partial charge < -0.3 is 9.64 Å². The summed E-state index contributed by atoms with van der Waals surface area (Å²) in [6.07, 6.45) is -2.88. The zero-order valence-corrected chi connectivity index (χ0v) is 21.4. The first-order valence-electron chi connectivity index (χ1n) is 12.5. The predicted octanol–water partition coefficient (Wildman–Crippen LogP) is 4.53. The Morgan fingerprint density at radius 2 is 1.87 bits per heavy atom. The Morgan fingerprint density at radius 3 is 2.50 bits per heavy atom. The minimum Gasteiger partial charge on any atom is -0.377 e. The lowest BCUT2D eigenvalue weighted by Crippen LogP contribution is -2.69. The summed E-state index contributed by atoms with van der Waals surface area (Å²) in [7, 11) is 0. The van der Waals surface area contributed by atoms with Crippen LogP contribution in [0.2, 0.25) is 5.02 Å². The third-order valence-corrected chi connectivity index (χ3v) is 8.16. The second kappa shape index (κ2) is 9.22. The molecule has 12 heteroatoms. The molecule has 8 nitrogen and oxygen atoms in total. The molecule has 0 saturated carbocycles. The van der Waals surface area contributed by atoms with Gasteiger partial charge in [0.05, 0.1) is 36.7 Å². The van der Waals surface area contributed by atoms with Crippen molar-refractivity contribution < 1.29 is 17.9 Å². The molecule has 3 aliphatic rings. The number of pyridine rings is 1. The molecule has 198 valence electrons. The number of aromatic nitrogens is 4. The van der Waals surface area contributed by atoms with Crippen molar-refractivity contribution in [2.75, 3.05) is 31.2 Å². The summed E-state index contributed by atoms with van der Waals surface area (Å²) in [6.45, 7) is 2.55. The first-order valence-corrected chi connectivity index (χ1v) is 12.8. The molecule has 3 aromatic rings.